The number of benzene rings is 2. The Kier molecular flexibility index (Phi) is 5.89. The van der Waals surface area contributed by atoms with Gasteiger partial charge in [0.25, 0.3) is 0 Å². The summed E-state index contributed by atoms with van der Waals surface area (Å²) in [5.74, 6) is 1.81. The second kappa shape index (κ2) is 8.52. The fourth-order valence-corrected chi connectivity index (χ4v) is 3.01. The molecule has 0 saturated heterocycles. The Morgan fingerprint density at radius 1 is 1.12 bits per heavy atom. The zero-order chi connectivity index (χ0) is 18.4. The van der Waals surface area contributed by atoms with E-state index in [-0.39, 0.29) is 0 Å². The molecule has 2 aromatic carbocycles. The van der Waals surface area contributed by atoms with Crippen LogP contribution in [-0.2, 0) is 17.9 Å². The van der Waals surface area contributed by atoms with Gasteiger partial charge in [-0.25, -0.2) is 4.98 Å². The number of rotatable bonds is 9. The lowest BCUT2D eigenvalue weighted by Crippen LogP contribution is -2.15. The molecule has 0 fully saturated rings. The van der Waals surface area contributed by atoms with E-state index in [4.69, 9.17) is 4.74 Å². The van der Waals surface area contributed by atoms with Crippen molar-refractivity contribution in [1.82, 2.24) is 14.9 Å². The Balaban J connectivity index is 1.57. The SMILES string of the molecule is Cc1ccc(OCCCCn2c(CNC=O)nc3ccccc32)cc1C. The number of hydrogen-bond donors (Lipinski definition) is 1. The molecule has 136 valence electrons. The van der Waals surface area contributed by atoms with Crippen molar-refractivity contribution in [3.05, 3.63) is 59.4 Å². The number of carbonyl (C=O) groups is 1. The molecule has 0 unspecified atom stereocenters. The molecule has 1 N–H and O–H groups in total. The summed E-state index contributed by atoms with van der Waals surface area (Å²) in [5.41, 5.74) is 4.59. The molecule has 26 heavy (non-hydrogen) atoms. The van der Waals surface area contributed by atoms with Gasteiger partial charge in [0.2, 0.25) is 6.41 Å². The summed E-state index contributed by atoms with van der Waals surface area (Å²) in [6.45, 7) is 6.19. The number of aromatic nitrogens is 2. The molecule has 5 nitrogen and oxygen atoms in total. The van der Waals surface area contributed by atoms with Crippen LogP contribution in [-0.4, -0.2) is 22.6 Å². The number of imidazole rings is 1. The number of para-hydroxylation sites is 2. The van der Waals surface area contributed by atoms with Crippen LogP contribution < -0.4 is 10.1 Å². The lowest BCUT2D eigenvalue weighted by atomic mass is 10.1. The van der Waals surface area contributed by atoms with E-state index in [9.17, 15) is 4.79 Å². The van der Waals surface area contributed by atoms with Gasteiger partial charge >= 0.3 is 0 Å². The van der Waals surface area contributed by atoms with Crippen molar-refractivity contribution in [2.45, 2.75) is 39.8 Å². The molecular formula is C21H25N3O2. The predicted molar refractivity (Wildman–Crippen MR) is 103 cm³/mol. The van der Waals surface area contributed by atoms with E-state index in [1.54, 1.807) is 0 Å². The standard InChI is InChI=1S/C21H25N3O2/c1-16-9-10-18(13-17(16)2)26-12-6-5-11-24-20-8-4-3-7-19(20)23-21(24)14-22-15-25/h3-4,7-10,13,15H,5-6,11-12,14H2,1-2H3,(H,22,25). The van der Waals surface area contributed by atoms with E-state index in [0.29, 0.717) is 19.6 Å². The normalized spacial score (nSPS) is 10.8. The van der Waals surface area contributed by atoms with Gasteiger partial charge in [0.05, 0.1) is 24.2 Å². The van der Waals surface area contributed by atoms with Crippen LogP contribution in [0.25, 0.3) is 11.0 Å². The Labute approximate surface area is 154 Å². The van der Waals surface area contributed by atoms with E-state index in [0.717, 1.165) is 42.0 Å². The first-order valence-corrected chi connectivity index (χ1v) is 9.00. The van der Waals surface area contributed by atoms with Crippen molar-refractivity contribution < 1.29 is 9.53 Å². The molecule has 1 amide bonds. The van der Waals surface area contributed by atoms with Crippen LogP contribution in [0.3, 0.4) is 0 Å². The van der Waals surface area contributed by atoms with Gasteiger partial charge in [0, 0.05) is 6.54 Å². The monoisotopic (exact) mass is 351 g/mol. The topological polar surface area (TPSA) is 56.1 Å². The Morgan fingerprint density at radius 3 is 2.77 bits per heavy atom. The van der Waals surface area contributed by atoms with Gasteiger partial charge in [0.15, 0.2) is 0 Å². The molecule has 1 aromatic heterocycles. The Morgan fingerprint density at radius 2 is 1.96 bits per heavy atom. The quantitative estimate of drug-likeness (QED) is 0.472. The van der Waals surface area contributed by atoms with Crippen LogP contribution >= 0.6 is 0 Å². The number of carbonyl (C=O) groups excluding carboxylic acids is 1. The number of unbranched alkanes of at least 4 members (excludes halogenated alkanes) is 1. The van der Waals surface area contributed by atoms with Crippen LogP contribution in [0.2, 0.25) is 0 Å². The van der Waals surface area contributed by atoms with Gasteiger partial charge in [0.1, 0.15) is 11.6 Å². The van der Waals surface area contributed by atoms with E-state index >= 15 is 0 Å². The minimum atomic E-state index is 0.442. The highest BCUT2D eigenvalue weighted by Crippen LogP contribution is 2.18. The van der Waals surface area contributed by atoms with Gasteiger partial charge in [-0.2, -0.15) is 0 Å². The molecular weight excluding hydrogens is 326 g/mol. The first-order valence-electron chi connectivity index (χ1n) is 9.00. The fourth-order valence-electron chi connectivity index (χ4n) is 3.01. The molecule has 3 rings (SSSR count). The number of ether oxygens (including phenoxy) is 1. The second-order valence-corrected chi connectivity index (χ2v) is 6.47. The van der Waals surface area contributed by atoms with Gasteiger partial charge in [-0.15, -0.1) is 0 Å². The number of nitrogens with zero attached hydrogens (tertiary/aromatic N) is 2. The lowest BCUT2D eigenvalue weighted by Gasteiger charge is -2.10. The van der Waals surface area contributed by atoms with Crippen molar-refractivity contribution in [3.8, 4) is 5.75 Å². The number of amides is 1. The zero-order valence-electron chi connectivity index (χ0n) is 15.4. The molecule has 0 bridgehead atoms. The lowest BCUT2D eigenvalue weighted by molar-refractivity contribution is -0.109. The van der Waals surface area contributed by atoms with Crippen molar-refractivity contribution in [1.29, 1.82) is 0 Å². The van der Waals surface area contributed by atoms with Gasteiger partial charge < -0.3 is 14.6 Å². The second-order valence-electron chi connectivity index (χ2n) is 6.47. The summed E-state index contributed by atoms with van der Waals surface area (Å²) in [6, 6.07) is 14.3. The van der Waals surface area contributed by atoms with Crippen LogP contribution in [0.15, 0.2) is 42.5 Å². The molecule has 0 aliphatic heterocycles. The highest BCUT2D eigenvalue weighted by molar-refractivity contribution is 5.75. The zero-order valence-corrected chi connectivity index (χ0v) is 15.4. The van der Waals surface area contributed by atoms with Gasteiger partial charge in [-0.05, 0) is 62.1 Å². The summed E-state index contributed by atoms with van der Waals surface area (Å²) < 4.78 is 8.04. The third kappa shape index (κ3) is 4.23. The molecule has 0 radical (unpaired) electrons. The molecule has 1 heterocycles. The molecule has 0 aliphatic carbocycles. The largest absolute Gasteiger partial charge is 0.494 e. The molecule has 0 atom stereocenters. The minimum Gasteiger partial charge on any atom is -0.494 e. The molecule has 0 saturated carbocycles. The maximum absolute atomic E-state index is 10.6. The van der Waals surface area contributed by atoms with Crippen molar-refractivity contribution in [2.24, 2.45) is 0 Å². The third-order valence-corrected chi connectivity index (χ3v) is 4.60. The highest BCUT2D eigenvalue weighted by Gasteiger charge is 2.09. The van der Waals surface area contributed by atoms with E-state index in [1.165, 1.54) is 11.1 Å². The summed E-state index contributed by atoms with van der Waals surface area (Å²) in [7, 11) is 0. The highest BCUT2D eigenvalue weighted by atomic mass is 16.5. The average Bonchev–Trinajstić information content (AvgIpc) is 3.00. The van der Waals surface area contributed by atoms with E-state index in [1.807, 2.05) is 24.3 Å². The Bertz CT molecular complexity index is 886. The van der Waals surface area contributed by atoms with Crippen molar-refractivity contribution >= 4 is 17.4 Å². The van der Waals surface area contributed by atoms with E-state index in [2.05, 4.69) is 46.9 Å². The van der Waals surface area contributed by atoms with Crippen LogP contribution in [0.4, 0.5) is 0 Å². The number of hydrogen-bond acceptors (Lipinski definition) is 3. The number of nitrogens with one attached hydrogen (secondary N) is 1. The fraction of sp³-hybridized carbons (Fsp3) is 0.333. The maximum Gasteiger partial charge on any atom is 0.207 e. The Hall–Kier alpha value is -2.82. The number of fused-ring (bicyclic) bond motifs is 1. The summed E-state index contributed by atoms with van der Waals surface area (Å²) in [5, 5.41) is 2.71. The summed E-state index contributed by atoms with van der Waals surface area (Å²) in [4.78, 5) is 15.2. The van der Waals surface area contributed by atoms with Crippen LogP contribution in [0.5, 0.6) is 5.75 Å². The average molecular weight is 351 g/mol. The van der Waals surface area contributed by atoms with Gasteiger partial charge in [-0.1, -0.05) is 18.2 Å². The van der Waals surface area contributed by atoms with Crippen molar-refractivity contribution in [3.63, 3.8) is 0 Å². The molecule has 3 aromatic rings. The first-order chi connectivity index (χ1) is 12.7. The maximum atomic E-state index is 10.6. The van der Waals surface area contributed by atoms with Crippen LogP contribution in [0.1, 0.15) is 29.8 Å². The van der Waals surface area contributed by atoms with Crippen LogP contribution in [0, 0.1) is 13.8 Å². The summed E-state index contributed by atoms with van der Waals surface area (Å²) in [6.07, 6.45) is 2.65. The van der Waals surface area contributed by atoms with Crippen molar-refractivity contribution in [2.75, 3.05) is 6.61 Å². The predicted octanol–water partition coefficient (Wildman–Crippen LogP) is 3.76. The van der Waals surface area contributed by atoms with Gasteiger partial charge in [-0.3, -0.25) is 4.79 Å². The minimum absolute atomic E-state index is 0.442. The smallest absolute Gasteiger partial charge is 0.207 e. The first kappa shape index (κ1) is 18.0. The summed E-state index contributed by atoms with van der Waals surface area (Å²) >= 11 is 0. The molecule has 0 spiro atoms. The molecule has 5 heteroatoms. The van der Waals surface area contributed by atoms with E-state index < -0.39 is 0 Å². The molecule has 0 aliphatic rings. The number of aryl methyl sites for hydroxylation is 3. The third-order valence-electron chi connectivity index (χ3n) is 4.60.